The Morgan fingerprint density at radius 3 is 2.65 bits per heavy atom. The summed E-state index contributed by atoms with van der Waals surface area (Å²) in [6.07, 6.45) is 1.96. The molecule has 2 rings (SSSR count). The van der Waals surface area contributed by atoms with Gasteiger partial charge in [-0.15, -0.1) is 22.7 Å². The van der Waals surface area contributed by atoms with E-state index < -0.39 is 0 Å². The third-order valence-electron chi connectivity index (χ3n) is 2.13. The number of aromatic nitrogens is 1. The lowest BCUT2D eigenvalue weighted by Gasteiger charge is -2.19. The van der Waals surface area contributed by atoms with E-state index in [4.69, 9.17) is 0 Å². The summed E-state index contributed by atoms with van der Waals surface area (Å²) >= 11 is 6.95. The molecule has 0 saturated carbocycles. The highest BCUT2D eigenvalue weighted by Gasteiger charge is 2.11. The van der Waals surface area contributed by atoms with Crippen LogP contribution < -0.4 is 5.32 Å². The molecule has 92 valence electrons. The second-order valence-corrected chi connectivity index (χ2v) is 8.42. The van der Waals surface area contributed by atoms with E-state index in [-0.39, 0.29) is 5.54 Å². The van der Waals surface area contributed by atoms with Crippen LogP contribution in [-0.2, 0) is 6.54 Å². The maximum absolute atomic E-state index is 4.47. The standard InChI is InChI=1S/C12H15BrN2S2/c1-12(2,3)15-7-8-6-14-11(16-8)9-4-5-10(13)17-9/h4-6,15H,7H2,1-3H3. The molecule has 0 aliphatic heterocycles. The summed E-state index contributed by atoms with van der Waals surface area (Å²) in [5, 5.41) is 4.58. The Labute approximate surface area is 118 Å². The Morgan fingerprint density at radius 2 is 2.06 bits per heavy atom. The van der Waals surface area contributed by atoms with Crippen LogP contribution in [-0.4, -0.2) is 10.5 Å². The Kier molecular flexibility index (Phi) is 4.02. The second-order valence-electron chi connectivity index (χ2n) is 4.84. The maximum atomic E-state index is 4.47. The number of thiazole rings is 1. The van der Waals surface area contributed by atoms with Crippen LogP contribution >= 0.6 is 38.6 Å². The van der Waals surface area contributed by atoms with Crippen molar-refractivity contribution >= 4 is 38.6 Å². The van der Waals surface area contributed by atoms with Crippen molar-refractivity contribution in [3.8, 4) is 9.88 Å². The molecular weight excluding hydrogens is 316 g/mol. The van der Waals surface area contributed by atoms with Crippen LogP contribution in [0.1, 0.15) is 25.6 Å². The van der Waals surface area contributed by atoms with Gasteiger partial charge in [0.25, 0.3) is 0 Å². The summed E-state index contributed by atoms with van der Waals surface area (Å²) in [4.78, 5) is 6.97. The van der Waals surface area contributed by atoms with Crippen molar-refractivity contribution in [3.05, 3.63) is 27.0 Å². The number of rotatable bonds is 3. The van der Waals surface area contributed by atoms with E-state index in [2.05, 4.69) is 59.1 Å². The van der Waals surface area contributed by atoms with E-state index in [0.29, 0.717) is 0 Å². The van der Waals surface area contributed by atoms with Crippen molar-refractivity contribution in [1.82, 2.24) is 10.3 Å². The van der Waals surface area contributed by atoms with Gasteiger partial charge in [-0.05, 0) is 48.8 Å². The van der Waals surface area contributed by atoms with Crippen molar-refractivity contribution < 1.29 is 0 Å². The molecule has 2 nitrogen and oxygen atoms in total. The number of thiophene rings is 1. The van der Waals surface area contributed by atoms with Gasteiger partial charge in [0.15, 0.2) is 0 Å². The van der Waals surface area contributed by atoms with Gasteiger partial charge in [-0.1, -0.05) is 0 Å². The van der Waals surface area contributed by atoms with Crippen LogP contribution in [0.15, 0.2) is 22.1 Å². The van der Waals surface area contributed by atoms with Crippen LogP contribution in [0.3, 0.4) is 0 Å². The Morgan fingerprint density at radius 1 is 1.29 bits per heavy atom. The normalized spacial score (nSPS) is 12.0. The number of hydrogen-bond acceptors (Lipinski definition) is 4. The number of nitrogens with one attached hydrogen (secondary N) is 1. The SMILES string of the molecule is CC(C)(C)NCc1cnc(-c2ccc(Br)s2)s1. The monoisotopic (exact) mass is 330 g/mol. The summed E-state index contributed by atoms with van der Waals surface area (Å²) in [5.74, 6) is 0. The van der Waals surface area contributed by atoms with Gasteiger partial charge in [-0.3, -0.25) is 0 Å². The average molecular weight is 331 g/mol. The average Bonchev–Trinajstić information content (AvgIpc) is 2.81. The summed E-state index contributed by atoms with van der Waals surface area (Å²) in [6, 6.07) is 4.17. The van der Waals surface area contributed by atoms with E-state index in [9.17, 15) is 0 Å². The minimum atomic E-state index is 0.149. The highest BCUT2D eigenvalue weighted by molar-refractivity contribution is 9.11. The van der Waals surface area contributed by atoms with Crippen molar-refractivity contribution in [3.63, 3.8) is 0 Å². The minimum Gasteiger partial charge on any atom is -0.307 e. The number of hydrogen-bond donors (Lipinski definition) is 1. The quantitative estimate of drug-likeness (QED) is 0.894. The van der Waals surface area contributed by atoms with Crippen LogP contribution in [0.5, 0.6) is 0 Å². The first-order valence-corrected chi connectivity index (χ1v) is 7.82. The first-order chi connectivity index (χ1) is 7.94. The minimum absolute atomic E-state index is 0.149. The molecule has 0 radical (unpaired) electrons. The Hall–Kier alpha value is -0.230. The third-order valence-corrected chi connectivity index (χ3v) is 4.92. The van der Waals surface area contributed by atoms with Crippen molar-refractivity contribution in [2.75, 3.05) is 0 Å². The third kappa shape index (κ3) is 3.88. The molecule has 17 heavy (non-hydrogen) atoms. The molecule has 0 spiro atoms. The van der Waals surface area contributed by atoms with Crippen molar-refractivity contribution in [2.24, 2.45) is 0 Å². The second kappa shape index (κ2) is 5.18. The molecule has 5 heteroatoms. The fraction of sp³-hybridized carbons (Fsp3) is 0.417. The van der Waals surface area contributed by atoms with Crippen molar-refractivity contribution in [1.29, 1.82) is 0 Å². The molecule has 0 bridgehead atoms. The fourth-order valence-corrected chi connectivity index (χ4v) is 3.58. The van der Waals surface area contributed by atoms with E-state index >= 15 is 0 Å². The van der Waals surface area contributed by atoms with Gasteiger partial charge in [-0.25, -0.2) is 4.98 Å². The summed E-state index contributed by atoms with van der Waals surface area (Å²) in [5.41, 5.74) is 0.149. The first-order valence-electron chi connectivity index (χ1n) is 5.39. The molecule has 0 aliphatic rings. The Balaban J connectivity index is 2.06. The highest BCUT2D eigenvalue weighted by atomic mass is 79.9. The molecule has 0 atom stereocenters. The first kappa shape index (κ1) is 13.2. The maximum Gasteiger partial charge on any atom is 0.133 e. The lowest BCUT2D eigenvalue weighted by molar-refractivity contribution is 0.426. The van der Waals surface area contributed by atoms with Crippen molar-refractivity contribution in [2.45, 2.75) is 32.9 Å². The zero-order valence-corrected chi connectivity index (χ0v) is 13.3. The van der Waals surface area contributed by atoms with Gasteiger partial charge in [0.2, 0.25) is 0 Å². The Bertz CT molecular complexity index is 497. The van der Waals surface area contributed by atoms with Crippen LogP contribution in [0.25, 0.3) is 9.88 Å². The summed E-state index contributed by atoms with van der Waals surface area (Å²) in [6.45, 7) is 7.40. The lowest BCUT2D eigenvalue weighted by Crippen LogP contribution is -2.34. The molecule has 1 N–H and O–H groups in total. The van der Waals surface area contributed by atoms with Gasteiger partial charge in [0, 0.05) is 23.2 Å². The van der Waals surface area contributed by atoms with E-state index in [1.54, 1.807) is 22.7 Å². The fourth-order valence-electron chi connectivity index (χ4n) is 1.28. The molecular formula is C12H15BrN2S2. The highest BCUT2D eigenvalue weighted by Crippen LogP contribution is 2.33. The zero-order valence-electron chi connectivity index (χ0n) is 10.1. The molecule has 2 aromatic rings. The molecule has 0 saturated heterocycles. The largest absolute Gasteiger partial charge is 0.307 e. The van der Waals surface area contributed by atoms with Gasteiger partial charge >= 0.3 is 0 Å². The summed E-state index contributed by atoms with van der Waals surface area (Å²) in [7, 11) is 0. The van der Waals surface area contributed by atoms with Gasteiger partial charge in [0.1, 0.15) is 5.01 Å². The van der Waals surface area contributed by atoms with E-state index in [0.717, 1.165) is 15.3 Å². The molecule has 0 fully saturated rings. The van der Waals surface area contributed by atoms with Gasteiger partial charge in [0.05, 0.1) is 8.66 Å². The van der Waals surface area contributed by atoms with Crippen LogP contribution in [0, 0.1) is 0 Å². The van der Waals surface area contributed by atoms with Crippen LogP contribution in [0.4, 0.5) is 0 Å². The smallest absolute Gasteiger partial charge is 0.133 e. The predicted octanol–water partition coefficient (Wildman–Crippen LogP) is 4.52. The van der Waals surface area contributed by atoms with E-state index in [1.807, 2.05) is 6.20 Å². The number of nitrogens with zero attached hydrogens (tertiary/aromatic N) is 1. The van der Waals surface area contributed by atoms with Gasteiger partial charge < -0.3 is 5.32 Å². The number of halogens is 1. The molecule has 0 aliphatic carbocycles. The molecule has 2 heterocycles. The topological polar surface area (TPSA) is 24.9 Å². The van der Waals surface area contributed by atoms with Crippen LogP contribution in [0.2, 0.25) is 0 Å². The predicted molar refractivity (Wildman–Crippen MR) is 79.7 cm³/mol. The zero-order chi connectivity index (χ0) is 12.5. The molecule has 0 unspecified atom stereocenters. The molecule has 2 aromatic heterocycles. The van der Waals surface area contributed by atoms with E-state index in [1.165, 1.54) is 9.75 Å². The molecule has 0 aromatic carbocycles. The molecule has 0 amide bonds. The lowest BCUT2D eigenvalue weighted by atomic mass is 10.1. The summed E-state index contributed by atoms with van der Waals surface area (Å²) < 4.78 is 1.15. The van der Waals surface area contributed by atoms with Gasteiger partial charge in [-0.2, -0.15) is 0 Å².